The first-order valence-electron chi connectivity index (χ1n) is 10.8. The highest BCUT2D eigenvalue weighted by Crippen LogP contribution is 2.40. The fourth-order valence-corrected chi connectivity index (χ4v) is 6.10. The lowest BCUT2D eigenvalue weighted by Gasteiger charge is -2.38. The minimum atomic E-state index is -3.34. The summed E-state index contributed by atoms with van der Waals surface area (Å²) in [4.78, 5) is 13.2. The molecule has 0 spiro atoms. The number of anilines is 1. The maximum atomic E-state index is 13.2. The summed E-state index contributed by atoms with van der Waals surface area (Å²) >= 11 is 0. The largest absolute Gasteiger partial charge is 0.487 e. The summed E-state index contributed by atoms with van der Waals surface area (Å²) < 4.78 is 32.7. The van der Waals surface area contributed by atoms with Gasteiger partial charge in [0.25, 0.3) is 5.91 Å². The molecule has 2 aromatic rings. The maximum Gasteiger partial charge on any atom is 0.251 e. The number of rotatable bonds is 3. The summed E-state index contributed by atoms with van der Waals surface area (Å²) in [7, 11) is -3.34. The maximum absolute atomic E-state index is 13.2. The van der Waals surface area contributed by atoms with Gasteiger partial charge in [-0.05, 0) is 69.9 Å². The van der Waals surface area contributed by atoms with E-state index in [1.54, 1.807) is 12.1 Å². The number of carbonyl (C=O) groups is 1. The van der Waals surface area contributed by atoms with Crippen molar-refractivity contribution in [3.63, 3.8) is 0 Å². The third kappa shape index (κ3) is 4.42. The van der Waals surface area contributed by atoms with Crippen molar-refractivity contribution in [2.75, 3.05) is 16.6 Å². The summed E-state index contributed by atoms with van der Waals surface area (Å²) in [5.41, 5.74) is 3.56. The molecule has 166 valence electrons. The van der Waals surface area contributed by atoms with Crippen molar-refractivity contribution in [2.24, 2.45) is 0 Å². The molecule has 0 aromatic heterocycles. The summed E-state index contributed by atoms with van der Waals surface area (Å²) in [6.07, 6.45) is 2.15. The minimum absolute atomic E-state index is 0.149. The van der Waals surface area contributed by atoms with Crippen molar-refractivity contribution in [1.29, 1.82) is 0 Å². The molecule has 0 unspecified atom stereocenters. The Kier molecular flexibility index (Phi) is 5.50. The number of amides is 1. The van der Waals surface area contributed by atoms with Gasteiger partial charge in [-0.3, -0.25) is 9.10 Å². The van der Waals surface area contributed by atoms with Gasteiger partial charge in [-0.1, -0.05) is 18.2 Å². The lowest BCUT2D eigenvalue weighted by atomic mass is 9.89. The quantitative estimate of drug-likeness (QED) is 0.770. The van der Waals surface area contributed by atoms with Crippen LogP contribution < -0.4 is 14.4 Å². The fourth-order valence-electron chi connectivity index (χ4n) is 4.41. The van der Waals surface area contributed by atoms with Crippen LogP contribution in [0.25, 0.3) is 0 Å². The first kappa shape index (κ1) is 21.7. The highest BCUT2D eigenvalue weighted by Gasteiger charge is 2.35. The Morgan fingerprint density at radius 3 is 2.65 bits per heavy atom. The zero-order valence-corrected chi connectivity index (χ0v) is 19.4. The number of aryl methyl sites for hydroxylation is 2. The molecule has 31 heavy (non-hydrogen) atoms. The molecule has 1 atom stereocenters. The first-order chi connectivity index (χ1) is 14.6. The van der Waals surface area contributed by atoms with Crippen LogP contribution >= 0.6 is 0 Å². The highest BCUT2D eigenvalue weighted by atomic mass is 32.2. The van der Waals surface area contributed by atoms with Gasteiger partial charge in [0.2, 0.25) is 10.0 Å². The van der Waals surface area contributed by atoms with Crippen molar-refractivity contribution in [1.82, 2.24) is 5.32 Å². The Morgan fingerprint density at radius 1 is 1.13 bits per heavy atom. The van der Waals surface area contributed by atoms with Crippen LogP contribution in [0.15, 0.2) is 36.4 Å². The summed E-state index contributed by atoms with van der Waals surface area (Å²) in [6.45, 7) is 8.38. The molecular weight excluding hydrogens is 412 g/mol. The van der Waals surface area contributed by atoms with E-state index in [1.165, 1.54) is 4.31 Å². The molecule has 2 heterocycles. The molecule has 0 radical (unpaired) electrons. The third-order valence-electron chi connectivity index (χ3n) is 6.02. The third-order valence-corrected chi connectivity index (χ3v) is 7.88. The molecule has 0 bridgehead atoms. The number of nitrogens with zero attached hydrogens (tertiary/aromatic N) is 1. The number of benzene rings is 2. The van der Waals surface area contributed by atoms with Gasteiger partial charge in [-0.15, -0.1) is 0 Å². The van der Waals surface area contributed by atoms with E-state index in [4.69, 9.17) is 4.74 Å². The number of hydrogen-bond donors (Lipinski definition) is 1. The molecule has 1 amide bonds. The standard InChI is InChI=1S/C24H30N2O4S/c1-16-7-10-19-20(15-24(3,4)30-22(19)13-16)25-23(27)18-9-8-17(2)21(14-18)26-11-5-6-12-31(26,28)29/h7-10,13-14,20H,5-6,11-12,15H2,1-4H3,(H,25,27)/t20-/m1/s1. The van der Waals surface area contributed by atoms with Crippen LogP contribution in [0.2, 0.25) is 0 Å². The SMILES string of the molecule is Cc1ccc2c(c1)OC(C)(C)C[C@H]2NC(=O)c1ccc(C)c(N2CCCCS2(=O)=O)c1. The predicted molar refractivity (Wildman–Crippen MR) is 122 cm³/mol. The van der Waals surface area contributed by atoms with Crippen molar-refractivity contribution in [2.45, 2.75) is 58.6 Å². The van der Waals surface area contributed by atoms with Gasteiger partial charge >= 0.3 is 0 Å². The van der Waals surface area contributed by atoms with Gasteiger partial charge in [0.15, 0.2) is 0 Å². The Hall–Kier alpha value is -2.54. The van der Waals surface area contributed by atoms with Gasteiger partial charge in [0, 0.05) is 24.1 Å². The zero-order chi connectivity index (χ0) is 22.4. The second-order valence-corrected chi connectivity index (χ2v) is 11.2. The van der Waals surface area contributed by atoms with E-state index in [0.717, 1.165) is 28.9 Å². The molecule has 4 rings (SSSR count). The number of nitrogens with one attached hydrogen (secondary N) is 1. The Bertz CT molecular complexity index is 1120. The summed E-state index contributed by atoms with van der Waals surface area (Å²) in [5, 5.41) is 3.15. The average molecular weight is 443 g/mol. The lowest BCUT2D eigenvalue weighted by Crippen LogP contribution is -2.41. The average Bonchev–Trinajstić information content (AvgIpc) is 2.67. The second kappa shape index (κ2) is 7.86. The van der Waals surface area contributed by atoms with Crippen LogP contribution in [0, 0.1) is 13.8 Å². The predicted octanol–water partition coefficient (Wildman–Crippen LogP) is 4.27. The van der Waals surface area contributed by atoms with Gasteiger partial charge in [0.05, 0.1) is 17.5 Å². The van der Waals surface area contributed by atoms with Crippen molar-refractivity contribution < 1.29 is 17.9 Å². The Balaban J connectivity index is 1.63. The first-order valence-corrected chi connectivity index (χ1v) is 12.4. The van der Waals surface area contributed by atoms with Crippen molar-refractivity contribution in [3.8, 4) is 5.75 Å². The molecular formula is C24H30N2O4S. The van der Waals surface area contributed by atoms with Crippen LogP contribution in [0.3, 0.4) is 0 Å². The zero-order valence-electron chi connectivity index (χ0n) is 18.6. The molecule has 1 saturated heterocycles. The highest BCUT2D eigenvalue weighted by molar-refractivity contribution is 7.92. The van der Waals surface area contributed by atoms with Crippen LogP contribution in [0.1, 0.15) is 66.2 Å². The van der Waals surface area contributed by atoms with E-state index < -0.39 is 15.6 Å². The van der Waals surface area contributed by atoms with Gasteiger partial charge < -0.3 is 10.1 Å². The smallest absolute Gasteiger partial charge is 0.251 e. The number of ether oxygens (including phenoxy) is 1. The Morgan fingerprint density at radius 2 is 1.90 bits per heavy atom. The molecule has 1 fully saturated rings. The lowest BCUT2D eigenvalue weighted by molar-refractivity contribution is 0.0619. The van der Waals surface area contributed by atoms with E-state index in [9.17, 15) is 13.2 Å². The van der Waals surface area contributed by atoms with Crippen molar-refractivity contribution >= 4 is 21.6 Å². The van der Waals surface area contributed by atoms with E-state index in [2.05, 4.69) is 5.32 Å². The van der Waals surface area contributed by atoms with Crippen molar-refractivity contribution in [3.05, 3.63) is 58.7 Å². The monoisotopic (exact) mass is 442 g/mol. The molecule has 0 saturated carbocycles. The van der Waals surface area contributed by atoms with E-state index in [1.807, 2.05) is 52.0 Å². The number of sulfonamides is 1. The number of hydrogen-bond acceptors (Lipinski definition) is 4. The molecule has 6 nitrogen and oxygen atoms in total. The topological polar surface area (TPSA) is 75.7 Å². The fraction of sp³-hybridized carbons (Fsp3) is 0.458. The Labute approximate surface area is 184 Å². The normalized spacial score (nSPS) is 21.7. The van der Waals surface area contributed by atoms with E-state index in [0.29, 0.717) is 30.6 Å². The van der Waals surface area contributed by atoms with Gasteiger partial charge in [0.1, 0.15) is 11.4 Å². The molecule has 2 aromatic carbocycles. The van der Waals surface area contributed by atoms with Crippen LogP contribution in [-0.4, -0.2) is 32.2 Å². The molecule has 2 aliphatic heterocycles. The van der Waals surface area contributed by atoms with Crippen LogP contribution in [0.5, 0.6) is 5.75 Å². The molecule has 2 aliphatic rings. The number of carbonyl (C=O) groups excluding carboxylic acids is 1. The molecule has 1 N–H and O–H groups in total. The summed E-state index contributed by atoms with van der Waals surface area (Å²) in [6, 6.07) is 11.1. The van der Waals surface area contributed by atoms with E-state index in [-0.39, 0.29) is 17.7 Å². The van der Waals surface area contributed by atoms with E-state index >= 15 is 0 Å². The molecule has 0 aliphatic carbocycles. The van der Waals surface area contributed by atoms with Gasteiger partial charge in [-0.25, -0.2) is 8.42 Å². The second-order valence-electron chi connectivity index (χ2n) is 9.23. The molecule has 7 heteroatoms. The summed E-state index contributed by atoms with van der Waals surface area (Å²) in [5.74, 6) is 0.728. The van der Waals surface area contributed by atoms with Gasteiger partial charge in [-0.2, -0.15) is 0 Å². The number of fused-ring (bicyclic) bond motifs is 1. The van der Waals surface area contributed by atoms with Crippen LogP contribution in [0.4, 0.5) is 5.69 Å². The van der Waals surface area contributed by atoms with Crippen LogP contribution in [-0.2, 0) is 10.0 Å². The minimum Gasteiger partial charge on any atom is -0.487 e.